The summed E-state index contributed by atoms with van der Waals surface area (Å²) < 4.78 is 6.52. The molecule has 0 aliphatic rings. The number of nitrogens with zero attached hydrogens (tertiary/aromatic N) is 1. The zero-order valence-electron chi connectivity index (χ0n) is 7.45. The maximum atomic E-state index is 5.46. The van der Waals surface area contributed by atoms with Gasteiger partial charge < -0.3 is 9.64 Å². The lowest BCUT2D eigenvalue weighted by molar-refractivity contribution is 0.447. The third-order valence-corrected chi connectivity index (χ3v) is 2.74. The lowest BCUT2D eigenvalue weighted by atomic mass is 10.3. The molecule has 0 saturated carbocycles. The Balaban J connectivity index is 2.75. The molecule has 0 bridgehead atoms. The summed E-state index contributed by atoms with van der Waals surface area (Å²) in [6.07, 6.45) is 0. The van der Waals surface area contributed by atoms with Crippen LogP contribution in [0.5, 0.6) is 5.75 Å². The molecule has 1 rings (SSSR count). The highest BCUT2D eigenvalue weighted by Gasteiger charge is 2.04. The summed E-state index contributed by atoms with van der Waals surface area (Å²) in [4.78, 5) is 1.76. The highest BCUT2D eigenvalue weighted by Crippen LogP contribution is 2.19. The molecule has 0 aromatic heterocycles. The molecule has 1 aromatic carbocycles. The number of para-hydroxylation sites is 1. The first-order chi connectivity index (χ1) is 6.11. The second-order valence-corrected chi connectivity index (χ2v) is 4.20. The predicted molar refractivity (Wildman–Crippen MR) is 66.1 cm³/mol. The van der Waals surface area contributed by atoms with Crippen molar-refractivity contribution in [3.63, 3.8) is 0 Å². The van der Waals surface area contributed by atoms with Crippen molar-refractivity contribution in [1.82, 2.24) is 4.90 Å². The average molecular weight is 307 g/mol. The van der Waals surface area contributed by atoms with E-state index in [-0.39, 0.29) is 0 Å². The molecule has 0 N–H and O–H groups in total. The number of halogens is 1. The van der Waals surface area contributed by atoms with Crippen LogP contribution in [0.3, 0.4) is 0 Å². The van der Waals surface area contributed by atoms with Crippen LogP contribution in [0.25, 0.3) is 0 Å². The van der Waals surface area contributed by atoms with E-state index in [0.717, 1.165) is 9.32 Å². The molecule has 0 aliphatic carbocycles. The number of ether oxygens (including phenoxy) is 1. The third kappa shape index (κ3) is 3.11. The van der Waals surface area contributed by atoms with E-state index in [1.165, 1.54) is 0 Å². The summed E-state index contributed by atoms with van der Waals surface area (Å²) in [6.45, 7) is 0. The molecule has 4 heteroatoms. The molecular formula is C9H10INOS. The topological polar surface area (TPSA) is 12.5 Å². The van der Waals surface area contributed by atoms with E-state index in [9.17, 15) is 0 Å². The number of benzene rings is 1. The van der Waals surface area contributed by atoms with Crippen LogP contribution in [-0.4, -0.2) is 24.2 Å². The number of hydrogen-bond donors (Lipinski definition) is 0. The van der Waals surface area contributed by atoms with Crippen LogP contribution in [0, 0.1) is 3.57 Å². The van der Waals surface area contributed by atoms with E-state index >= 15 is 0 Å². The lowest BCUT2D eigenvalue weighted by Gasteiger charge is -2.14. The van der Waals surface area contributed by atoms with Crippen LogP contribution in [0.15, 0.2) is 24.3 Å². The molecule has 70 valence electrons. The maximum Gasteiger partial charge on any atom is 0.264 e. The number of hydrogen-bond acceptors (Lipinski definition) is 2. The highest BCUT2D eigenvalue weighted by atomic mass is 127. The minimum atomic E-state index is 0.476. The number of thiocarbonyl (C=S) groups is 1. The Morgan fingerprint density at radius 2 is 2.00 bits per heavy atom. The van der Waals surface area contributed by atoms with Crippen LogP contribution in [-0.2, 0) is 0 Å². The van der Waals surface area contributed by atoms with Crippen molar-refractivity contribution in [3.05, 3.63) is 27.8 Å². The van der Waals surface area contributed by atoms with Gasteiger partial charge in [0.05, 0.1) is 3.57 Å². The second kappa shape index (κ2) is 4.76. The molecule has 0 radical (unpaired) electrons. The minimum absolute atomic E-state index is 0.476. The Labute approximate surface area is 97.0 Å². The summed E-state index contributed by atoms with van der Waals surface area (Å²) in [5, 5.41) is 0.476. The maximum absolute atomic E-state index is 5.46. The van der Waals surface area contributed by atoms with Crippen molar-refractivity contribution in [1.29, 1.82) is 0 Å². The Kier molecular flexibility index (Phi) is 3.92. The quantitative estimate of drug-likeness (QED) is 0.584. The van der Waals surface area contributed by atoms with Gasteiger partial charge in [0.2, 0.25) is 0 Å². The minimum Gasteiger partial charge on any atom is -0.431 e. The van der Waals surface area contributed by atoms with Gasteiger partial charge in [0.25, 0.3) is 5.17 Å². The standard InChI is InChI=1S/C9H10INOS/c1-11(2)9(13)12-8-6-4-3-5-7(8)10/h3-6H,1-2H3. The van der Waals surface area contributed by atoms with Crippen molar-refractivity contribution in [2.45, 2.75) is 0 Å². The van der Waals surface area contributed by atoms with Crippen LogP contribution in [0.2, 0.25) is 0 Å². The Bertz CT molecular complexity index is 314. The van der Waals surface area contributed by atoms with Crippen molar-refractivity contribution in [3.8, 4) is 5.75 Å². The van der Waals surface area contributed by atoms with Crippen molar-refractivity contribution in [2.75, 3.05) is 14.1 Å². The van der Waals surface area contributed by atoms with Crippen molar-refractivity contribution >= 4 is 40.0 Å². The Morgan fingerprint density at radius 1 is 1.38 bits per heavy atom. The summed E-state index contributed by atoms with van der Waals surface area (Å²) in [7, 11) is 3.72. The highest BCUT2D eigenvalue weighted by molar-refractivity contribution is 14.1. The Hall–Kier alpha value is -0.360. The molecule has 13 heavy (non-hydrogen) atoms. The summed E-state index contributed by atoms with van der Waals surface area (Å²) in [5.41, 5.74) is 0. The average Bonchev–Trinajstić information content (AvgIpc) is 2.08. The van der Waals surface area contributed by atoms with Gasteiger partial charge in [-0.2, -0.15) is 0 Å². The largest absolute Gasteiger partial charge is 0.431 e. The predicted octanol–water partition coefficient (Wildman–Crippen LogP) is 2.52. The molecule has 0 aliphatic heterocycles. The van der Waals surface area contributed by atoms with Gasteiger partial charge in [-0.05, 0) is 46.9 Å². The van der Waals surface area contributed by atoms with Crippen LogP contribution in [0.4, 0.5) is 0 Å². The molecule has 0 heterocycles. The van der Waals surface area contributed by atoms with E-state index in [1.807, 2.05) is 38.4 Å². The van der Waals surface area contributed by atoms with Crippen molar-refractivity contribution in [2.24, 2.45) is 0 Å². The SMILES string of the molecule is CN(C)C(=S)Oc1ccccc1I. The van der Waals surface area contributed by atoms with Crippen LogP contribution < -0.4 is 4.74 Å². The zero-order chi connectivity index (χ0) is 9.84. The Morgan fingerprint density at radius 3 is 2.54 bits per heavy atom. The van der Waals surface area contributed by atoms with E-state index in [1.54, 1.807) is 4.90 Å². The van der Waals surface area contributed by atoms with Gasteiger partial charge in [0, 0.05) is 14.1 Å². The van der Waals surface area contributed by atoms with Crippen molar-refractivity contribution < 1.29 is 4.74 Å². The van der Waals surface area contributed by atoms with Gasteiger partial charge in [-0.1, -0.05) is 12.1 Å². The molecule has 0 saturated heterocycles. The van der Waals surface area contributed by atoms with Crippen LogP contribution >= 0.6 is 34.8 Å². The van der Waals surface area contributed by atoms with Gasteiger partial charge in [0.1, 0.15) is 5.75 Å². The normalized spacial score (nSPS) is 9.46. The summed E-state index contributed by atoms with van der Waals surface area (Å²) in [5.74, 6) is 0.807. The zero-order valence-corrected chi connectivity index (χ0v) is 10.4. The molecule has 0 unspecified atom stereocenters. The van der Waals surface area contributed by atoms with E-state index in [4.69, 9.17) is 17.0 Å². The van der Waals surface area contributed by atoms with Gasteiger partial charge in [-0.15, -0.1) is 0 Å². The molecule has 0 amide bonds. The summed E-state index contributed by atoms with van der Waals surface area (Å²) >= 11 is 7.23. The second-order valence-electron chi connectivity index (χ2n) is 2.69. The number of rotatable bonds is 1. The fourth-order valence-electron chi connectivity index (χ4n) is 0.713. The van der Waals surface area contributed by atoms with E-state index in [0.29, 0.717) is 5.17 Å². The van der Waals surface area contributed by atoms with E-state index in [2.05, 4.69) is 22.6 Å². The first kappa shape index (κ1) is 10.7. The monoisotopic (exact) mass is 307 g/mol. The first-order valence-corrected chi connectivity index (χ1v) is 5.23. The smallest absolute Gasteiger partial charge is 0.264 e. The fourth-order valence-corrected chi connectivity index (χ4v) is 1.30. The van der Waals surface area contributed by atoms with Gasteiger partial charge in [0.15, 0.2) is 0 Å². The van der Waals surface area contributed by atoms with Gasteiger partial charge in [-0.3, -0.25) is 0 Å². The third-order valence-electron chi connectivity index (χ3n) is 1.40. The van der Waals surface area contributed by atoms with E-state index < -0.39 is 0 Å². The van der Waals surface area contributed by atoms with Gasteiger partial charge in [-0.25, -0.2) is 0 Å². The first-order valence-electron chi connectivity index (χ1n) is 3.75. The fraction of sp³-hybridized carbons (Fsp3) is 0.222. The molecule has 0 fully saturated rings. The molecule has 0 atom stereocenters. The van der Waals surface area contributed by atoms with Crippen LogP contribution in [0.1, 0.15) is 0 Å². The molecule has 2 nitrogen and oxygen atoms in total. The van der Waals surface area contributed by atoms with Gasteiger partial charge >= 0.3 is 0 Å². The lowest BCUT2D eigenvalue weighted by Crippen LogP contribution is -2.25. The summed E-state index contributed by atoms with van der Waals surface area (Å²) in [6, 6.07) is 7.77. The molecular weight excluding hydrogens is 297 g/mol. The molecule has 1 aromatic rings. The molecule has 0 spiro atoms.